The lowest BCUT2D eigenvalue weighted by Gasteiger charge is -2.17. The molecule has 0 aromatic heterocycles. The summed E-state index contributed by atoms with van der Waals surface area (Å²) in [6, 6.07) is 13.0. The third-order valence-corrected chi connectivity index (χ3v) is 5.73. The molecule has 0 bridgehead atoms. The van der Waals surface area contributed by atoms with Gasteiger partial charge in [0.05, 0.1) is 19.6 Å². The van der Waals surface area contributed by atoms with E-state index >= 15 is 0 Å². The molecule has 2 aromatic carbocycles. The minimum atomic E-state index is -1.17. The largest absolute Gasteiger partial charge is 0.497 e. The third-order valence-electron chi connectivity index (χ3n) is 4.02. The van der Waals surface area contributed by atoms with Crippen molar-refractivity contribution < 1.29 is 14.3 Å². The lowest BCUT2D eigenvalue weighted by Crippen LogP contribution is -2.23. The summed E-state index contributed by atoms with van der Waals surface area (Å²) < 4.78 is 10.7. The molecule has 0 fully saturated rings. The molecule has 0 aliphatic heterocycles. The molecule has 1 unspecified atom stereocenters. The minimum Gasteiger partial charge on any atom is -0.497 e. The summed E-state index contributed by atoms with van der Waals surface area (Å²) in [5, 5.41) is 2.21. The predicted molar refractivity (Wildman–Crippen MR) is 98.0 cm³/mol. The average Bonchev–Trinajstić information content (AvgIpc) is 2.51. The number of hydrogen-bond acceptors (Lipinski definition) is 3. The SMILES string of the molecule is COc1ccc2cc(C(C)C(=O)OCC[Si](C)(C)C)ccc2c1. The van der Waals surface area contributed by atoms with E-state index in [4.69, 9.17) is 9.47 Å². The van der Waals surface area contributed by atoms with Crippen LogP contribution in [-0.4, -0.2) is 27.8 Å². The van der Waals surface area contributed by atoms with Gasteiger partial charge in [-0.05, 0) is 41.4 Å². The van der Waals surface area contributed by atoms with Gasteiger partial charge in [0.25, 0.3) is 0 Å². The van der Waals surface area contributed by atoms with Crippen LogP contribution >= 0.6 is 0 Å². The second-order valence-electron chi connectivity index (χ2n) is 7.17. The fraction of sp³-hybridized carbons (Fsp3) is 0.421. The van der Waals surface area contributed by atoms with E-state index in [1.165, 1.54) is 0 Å². The highest BCUT2D eigenvalue weighted by Gasteiger charge is 2.19. The fourth-order valence-electron chi connectivity index (χ4n) is 2.36. The van der Waals surface area contributed by atoms with Crippen molar-refractivity contribution in [2.24, 2.45) is 0 Å². The molecule has 0 aliphatic rings. The molecule has 124 valence electrons. The molecular weight excluding hydrogens is 304 g/mol. The number of fused-ring (bicyclic) bond motifs is 1. The van der Waals surface area contributed by atoms with Crippen LogP contribution in [0.2, 0.25) is 25.7 Å². The highest BCUT2D eigenvalue weighted by molar-refractivity contribution is 6.76. The van der Waals surface area contributed by atoms with Crippen molar-refractivity contribution in [2.75, 3.05) is 13.7 Å². The molecule has 4 heteroatoms. The van der Waals surface area contributed by atoms with Crippen LogP contribution in [0.1, 0.15) is 18.4 Å². The van der Waals surface area contributed by atoms with Crippen molar-refractivity contribution in [3.05, 3.63) is 42.0 Å². The summed E-state index contributed by atoms with van der Waals surface area (Å²) in [5.41, 5.74) is 0.987. The maximum absolute atomic E-state index is 12.2. The Hall–Kier alpha value is -1.81. The minimum absolute atomic E-state index is 0.142. The molecule has 1 atom stereocenters. The molecule has 2 rings (SSSR count). The van der Waals surface area contributed by atoms with Crippen molar-refractivity contribution in [3.63, 3.8) is 0 Å². The van der Waals surface area contributed by atoms with Gasteiger partial charge in [-0.1, -0.05) is 43.9 Å². The van der Waals surface area contributed by atoms with E-state index in [0.29, 0.717) is 6.61 Å². The first-order chi connectivity index (χ1) is 10.8. The Balaban J connectivity index is 2.08. The van der Waals surface area contributed by atoms with Crippen LogP contribution in [0.4, 0.5) is 0 Å². The lowest BCUT2D eigenvalue weighted by atomic mass is 9.98. The van der Waals surface area contributed by atoms with Gasteiger partial charge in [0, 0.05) is 8.07 Å². The van der Waals surface area contributed by atoms with Crippen LogP contribution in [0.25, 0.3) is 10.8 Å². The summed E-state index contributed by atoms with van der Waals surface area (Å²) in [5.74, 6) is 0.448. The molecule has 23 heavy (non-hydrogen) atoms. The maximum atomic E-state index is 12.2. The Morgan fingerprint density at radius 3 is 2.39 bits per heavy atom. The Bertz CT molecular complexity index is 689. The van der Waals surface area contributed by atoms with Gasteiger partial charge in [-0.2, -0.15) is 0 Å². The molecular formula is C19H26O3Si. The standard InChI is InChI=1S/C19H26O3Si/c1-14(19(20)22-10-11-23(3,4)5)15-6-7-17-13-18(21-2)9-8-16(17)12-15/h6-9,12-14H,10-11H2,1-5H3. The monoisotopic (exact) mass is 330 g/mol. The maximum Gasteiger partial charge on any atom is 0.313 e. The summed E-state index contributed by atoms with van der Waals surface area (Å²) in [6.45, 7) is 9.27. The van der Waals surface area contributed by atoms with Crippen LogP contribution in [0, 0.1) is 0 Å². The van der Waals surface area contributed by atoms with Crippen molar-refractivity contribution in [1.82, 2.24) is 0 Å². The first-order valence-electron chi connectivity index (χ1n) is 8.04. The predicted octanol–water partition coefficient (Wildman–Crippen LogP) is 4.83. The van der Waals surface area contributed by atoms with Crippen molar-refractivity contribution >= 4 is 24.8 Å². The van der Waals surface area contributed by atoms with E-state index in [-0.39, 0.29) is 11.9 Å². The van der Waals surface area contributed by atoms with Gasteiger partial charge in [-0.15, -0.1) is 0 Å². The van der Waals surface area contributed by atoms with Gasteiger partial charge in [-0.25, -0.2) is 0 Å². The third kappa shape index (κ3) is 4.83. The zero-order valence-corrected chi connectivity index (χ0v) is 15.7. The van der Waals surface area contributed by atoms with Crippen LogP contribution in [-0.2, 0) is 9.53 Å². The molecule has 0 saturated carbocycles. The van der Waals surface area contributed by atoms with Gasteiger partial charge < -0.3 is 9.47 Å². The van der Waals surface area contributed by atoms with Gasteiger partial charge in [-0.3, -0.25) is 4.79 Å². The van der Waals surface area contributed by atoms with Gasteiger partial charge >= 0.3 is 5.97 Å². The molecule has 0 N–H and O–H groups in total. The number of rotatable bonds is 6. The summed E-state index contributed by atoms with van der Waals surface area (Å²) in [7, 11) is 0.488. The average molecular weight is 330 g/mol. The van der Waals surface area contributed by atoms with E-state index in [2.05, 4.69) is 25.7 Å². The molecule has 3 nitrogen and oxygen atoms in total. The zero-order valence-electron chi connectivity index (χ0n) is 14.7. The van der Waals surface area contributed by atoms with Crippen LogP contribution < -0.4 is 4.74 Å². The van der Waals surface area contributed by atoms with Gasteiger partial charge in [0.2, 0.25) is 0 Å². The lowest BCUT2D eigenvalue weighted by molar-refractivity contribution is -0.144. The Labute approximate surface area is 139 Å². The molecule has 0 saturated heterocycles. The highest BCUT2D eigenvalue weighted by Crippen LogP contribution is 2.26. The number of ether oxygens (including phenoxy) is 2. The first kappa shape index (κ1) is 17.5. The molecule has 0 heterocycles. The second kappa shape index (κ2) is 7.17. The Kier molecular flexibility index (Phi) is 5.47. The summed E-state index contributed by atoms with van der Waals surface area (Å²) in [6.07, 6.45) is 0. The van der Waals surface area contributed by atoms with E-state index in [1.807, 2.05) is 37.3 Å². The number of carbonyl (C=O) groups is 1. The number of hydrogen-bond donors (Lipinski definition) is 0. The number of methoxy groups -OCH3 is 1. The van der Waals surface area contributed by atoms with Crippen LogP contribution in [0.15, 0.2) is 36.4 Å². The number of benzene rings is 2. The van der Waals surface area contributed by atoms with E-state index < -0.39 is 8.07 Å². The summed E-state index contributed by atoms with van der Waals surface area (Å²) >= 11 is 0. The van der Waals surface area contributed by atoms with Crippen LogP contribution in [0.5, 0.6) is 5.75 Å². The van der Waals surface area contributed by atoms with E-state index in [9.17, 15) is 4.79 Å². The van der Waals surface area contributed by atoms with Crippen molar-refractivity contribution in [3.8, 4) is 5.75 Å². The van der Waals surface area contributed by atoms with E-state index in [1.54, 1.807) is 7.11 Å². The normalized spacial score (nSPS) is 12.9. The van der Waals surface area contributed by atoms with Crippen LogP contribution in [0.3, 0.4) is 0 Å². The number of esters is 1. The Morgan fingerprint density at radius 1 is 1.09 bits per heavy atom. The zero-order chi connectivity index (χ0) is 17.0. The van der Waals surface area contributed by atoms with Gasteiger partial charge in [0.15, 0.2) is 0 Å². The summed E-state index contributed by atoms with van der Waals surface area (Å²) in [4.78, 5) is 12.2. The first-order valence-corrected chi connectivity index (χ1v) is 11.8. The highest BCUT2D eigenvalue weighted by atomic mass is 28.3. The molecule has 0 radical (unpaired) electrons. The van der Waals surface area contributed by atoms with Crippen molar-refractivity contribution in [2.45, 2.75) is 38.5 Å². The smallest absolute Gasteiger partial charge is 0.313 e. The van der Waals surface area contributed by atoms with E-state index in [0.717, 1.165) is 28.1 Å². The topological polar surface area (TPSA) is 35.5 Å². The molecule has 2 aromatic rings. The molecule has 0 spiro atoms. The molecule has 0 aliphatic carbocycles. The Morgan fingerprint density at radius 2 is 1.74 bits per heavy atom. The second-order valence-corrected chi connectivity index (χ2v) is 12.8. The molecule has 0 amide bonds. The van der Waals surface area contributed by atoms with Crippen molar-refractivity contribution in [1.29, 1.82) is 0 Å². The quantitative estimate of drug-likeness (QED) is 0.562. The number of carbonyl (C=O) groups excluding carboxylic acids is 1. The fourth-order valence-corrected chi connectivity index (χ4v) is 3.07. The van der Waals surface area contributed by atoms with Gasteiger partial charge in [0.1, 0.15) is 5.75 Å².